The van der Waals surface area contributed by atoms with Crippen molar-refractivity contribution in [3.05, 3.63) is 65.5 Å². The summed E-state index contributed by atoms with van der Waals surface area (Å²) in [6.45, 7) is 0. The van der Waals surface area contributed by atoms with E-state index in [1.54, 1.807) is 19.1 Å². The van der Waals surface area contributed by atoms with Crippen molar-refractivity contribution < 1.29 is 23.5 Å². The molecule has 3 rings (SSSR count). The van der Waals surface area contributed by atoms with Crippen LogP contribution in [0.1, 0.15) is 28.4 Å². The summed E-state index contributed by atoms with van der Waals surface area (Å²) in [6.07, 6.45) is -0.541. The molecule has 0 radical (unpaired) electrons. The molecule has 6 heteroatoms. The third-order valence-corrected chi connectivity index (χ3v) is 4.36. The van der Waals surface area contributed by atoms with Gasteiger partial charge in [-0.25, -0.2) is 9.18 Å². The van der Waals surface area contributed by atoms with Crippen molar-refractivity contribution in [1.29, 1.82) is 0 Å². The lowest BCUT2D eigenvalue weighted by atomic mass is 10.0. The van der Waals surface area contributed by atoms with Gasteiger partial charge in [-0.1, -0.05) is 18.2 Å². The van der Waals surface area contributed by atoms with E-state index in [0.717, 1.165) is 5.56 Å². The first-order chi connectivity index (χ1) is 12.0. The van der Waals surface area contributed by atoms with E-state index >= 15 is 0 Å². The van der Waals surface area contributed by atoms with Gasteiger partial charge in [0.25, 0.3) is 5.91 Å². The molecule has 1 heterocycles. The molecule has 0 aliphatic carbocycles. The second-order valence-corrected chi connectivity index (χ2v) is 5.84. The van der Waals surface area contributed by atoms with E-state index in [4.69, 9.17) is 9.47 Å². The Balaban J connectivity index is 1.77. The highest BCUT2D eigenvalue weighted by Gasteiger charge is 2.41. The normalized spacial score (nSPS) is 19.8. The molecule has 5 nitrogen and oxygen atoms in total. The Morgan fingerprint density at radius 1 is 1.16 bits per heavy atom. The van der Waals surface area contributed by atoms with Crippen LogP contribution in [-0.4, -0.2) is 37.0 Å². The van der Waals surface area contributed by atoms with Gasteiger partial charge in [0.1, 0.15) is 11.6 Å². The monoisotopic (exact) mass is 343 g/mol. The van der Waals surface area contributed by atoms with Crippen LogP contribution in [0.3, 0.4) is 0 Å². The Bertz CT molecular complexity index is 790. The highest BCUT2D eigenvalue weighted by Crippen LogP contribution is 2.37. The van der Waals surface area contributed by atoms with Crippen molar-refractivity contribution in [2.24, 2.45) is 0 Å². The summed E-state index contributed by atoms with van der Waals surface area (Å²) in [5.41, 5.74) is 1.07. The molecular weight excluding hydrogens is 325 g/mol. The lowest BCUT2D eigenvalue weighted by Crippen LogP contribution is -2.30. The topological polar surface area (TPSA) is 55.8 Å². The molecule has 0 saturated carbocycles. The summed E-state index contributed by atoms with van der Waals surface area (Å²) < 4.78 is 23.7. The first kappa shape index (κ1) is 17.0. The average Bonchev–Trinajstić information content (AvgIpc) is 2.90. The third-order valence-electron chi connectivity index (χ3n) is 4.36. The van der Waals surface area contributed by atoms with Crippen molar-refractivity contribution >= 4 is 11.9 Å². The molecular formula is C19H18FNO4. The molecule has 1 aliphatic rings. The zero-order chi connectivity index (χ0) is 18.0. The number of methoxy groups -OCH3 is 1. The predicted octanol–water partition coefficient (Wildman–Crippen LogP) is 2.96. The number of ether oxygens (including phenoxy) is 2. The number of carbonyl (C=O) groups excluding carboxylic acids is 2. The van der Waals surface area contributed by atoms with E-state index in [1.807, 2.05) is 24.3 Å². The lowest BCUT2D eigenvalue weighted by molar-refractivity contribution is -0.134. The number of carbonyl (C=O) groups is 2. The molecule has 0 unspecified atom stereocenters. The zero-order valence-electron chi connectivity index (χ0n) is 13.9. The van der Waals surface area contributed by atoms with E-state index in [0.29, 0.717) is 12.2 Å². The second-order valence-electron chi connectivity index (χ2n) is 5.84. The van der Waals surface area contributed by atoms with Crippen LogP contribution in [0.2, 0.25) is 0 Å². The van der Waals surface area contributed by atoms with Crippen LogP contribution >= 0.6 is 0 Å². The van der Waals surface area contributed by atoms with Crippen molar-refractivity contribution in [2.75, 3.05) is 14.2 Å². The van der Waals surface area contributed by atoms with Crippen LogP contribution in [-0.2, 0) is 9.53 Å². The third kappa shape index (κ3) is 3.33. The van der Waals surface area contributed by atoms with E-state index < -0.39 is 17.9 Å². The minimum absolute atomic E-state index is 0.206. The van der Waals surface area contributed by atoms with Gasteiger partial charge in [0.05, 0.1) is 18.7 Å². The lowest BCUT2D eigenvalue weighted by Gasteiger charge is -2.21. The van der Waals surface area contributed by atoms with Gasteiger partial charge in [-0.3, -0.25) is 4.79 Å². The van der Waals surface area contributed by atoms with Crippen LogP contribution in [0.15, 0.2) is 48.5 Å². The molecule has 1 fully saturated rings. The maximum atomic E-state index is 13.0. The molecule has 2 aromatic carbocycles. The number of halogens is 1. The molecule has 130 valence electrons. The van der Waals surface area contributed by atoms with Gasteiger partial charge in [-0.2, -0.15) is 0 Å². The number of likely N-dealkylation sites (N-methyl/N-ethyl adjacent to an activating group) is 1. The van der Waals surface area contributed by atoms with Crippen LogP contribution in [0.25, 0.3) is 0 Å². The highest BCUT2D eigenvalue weighted by atomic mass is 19.1. The first-order valence-corrected chi connectivity index (χ1v) is 7.87. The Morgan fingerprint density at radius 3 is 2.52 bits per heavy atom. The Kier molecular flexibility index (Phi) is 4.70. The summed E-state index contributed by atoms with van der Waals surface area (Å²) in [7, 11) is 3.24. The maximum absolute atomic E-state index is 13.0. The zero-order valence-corrected chi connectivity index (χ0v) is 13.9. The van der Waals surface area contributed by atoms with Gasteiger partial charge in [-0.05, 0) is 30.3 Å². The number of esters is 1. The number of likely N-dealkylation sites (tertiary alicyclic amines) is 1. The molecule has 0 bridgehead atoms. The Hall–Kier alpha value is -2.89. The fraction of sp³-hybridized carbons (Fsp3) is 0.263. The van der Waals surface area contributed by atoms with E-state index in [-0.39, 0.29) is 17.5 Å². The molecule has 1 amide bonds. The molecule has 25 heavy (non-hydrogen) atoms. The number of hydrogen-bond donors (Lipinski definition) is 0. The molecule has 1 saturated heterocycles. The molecule has 1 aliphatic heterocycles. The maximum Gasteiger partial charge on any atom is 0.338 e. The number of para-hydroxylation sites is 1. The van der Waals surface area contributed by atoms with Crippen molar-refractivity contribution in [1.82, 2.24) is 4.90 Å². The van der Waals surface area contributed by atoms with Crippen molar-refractivity contribution in [3.8, 4) is 5.75 Å². The summed E-state index contributed by atoms with van der Waals surface area (Å²) in [5, 5.41) is 0. The fourth-order valence-corrected chi connectivity index (χ4v) is 3.00. The quantitative estimate of drug-likeness (QED) is 0.801. The van der Waals surface area contributed by atoms with Gasteiger partial charge >= 0.3 is 5.97 Å². The minimum atomic E-state index is -0.877. The summed E-state index contributed by atoms with van der Waals surface area (Å²) in [4.78, 5) is 26.2. The van der Waals surface area contributed by atoms with Crippen molar-refractivity contribution in [2.45, 2.75) is 18.6 Å². The number of nitrogens with zero attached hydrogens (tertiary/aromatic N) is 1. The van der Waals surface area contributed by atoms with Gasteiger partial charge in [-0.15, -0.1) is 0 Å². The summed E-state index contributed by atoms with van der Waals surface area (Å²) in [6, 6.07) is 12.2. The molecule has 2 atom stereocenters. The SMILES string of the molecule is COc1ccccc1[C@@H]1C[C@H](OC(=O)c2ccc(F)cc2)C(=O)N1C. The number of benzene rings is 2. The molecule has 0 spiro atoms. The number of amides is 1. The second kappa shape index (κ2) is 6.93. The van der Waals surface area contributed by atoms with Gasteiger partial charge in [0.15, 0.2) is 6.10 Å². The highest BCUT2D eigenvalue weighted by molar-refractivity contribution is 5.93. The Labute approximate surface area is 145 Å². The van der Waals surface area contributed by atoms with Crippen molar-refractivity contribution in [3.63, 3.8) is 0 Å². The first-order valence-electron chi connectivity index (χ1n) is 7.87. The summed E-state index contributed by atoms with van der Waals surface area (Å²) in [5.74, 6) is -0.680. The molecule has 0 aromatic heterocycles. The van der Waals surface area contributed by atoms with Gasteiger partial charge < -0.3 is 14.4 Å². The Morgan fingerprint density at radius 2 is 1.84 bits per heavy atom. The van der Waals surface area contributed by atoms with E-state index in [2.05, 4.69) is 0 Å². The predicted molar refractivity (Wildman–Crippen MR) is 88.7 cm³/mol. The molecule has 0 N–H and O–H groups in total. The summed E-state index contributed by atoms with van der Waals surface area (Å²) >= 11 is 0. The van der Waals surface area contributed by atoms with E-state index in [9.17, 15) is 14.0 Å². The van der Waals surface area contributed by atoms with Crippen LogP contribution in [0.4, 0.5) is 4.39 Å². The fourth-order valence-electron chi connectivity index (χ4n) is 3.00. The van der Waals surface area contributed by atoms with E-state index in [1.165, 1.54) is 24.3 Å². The van der Waals surface area contributed by atoms with Crippen LogP contribution < -0.4 is 4.74 Å². The largest absolute Gasteiger partial charge is 0.496 e. The number of rotatable bonds is 4. The number of hydrogen-bond acceptors (Lipinski definition) is 4. The standard InChI is InChI=1S/C19H18FNO4/c1-21-15(14-5-3-4-6-16(14)24-2)11-17(18(21)22)25-19(23)12-7-9-13(20)10-8-12/h3-10,15,17H,11H2,1-2H3/t15-,17-/m0/s1. The van der Waals surface area contributed by atoms with Crippen LogP contribution in [0, 0.1) is 5.82 Å². The smallest absolute Gasteiger partial charge is 0.338 e. The van der Waals surface area contributed by atoms with Gasteiger partial charge in [0.2, 0.25) is 0 Å². The average molecular weight is 343 g/mol. The van der Waals surface area contributed by atoms with Crippen LogP contribution in [0.5, 0.6) is 5.75 Å². The minimum Gasteiger partial charge on any atom is -0.496 e. The van der Waals surface area contributed by atoms with Gasteiger partial charge in [0, 0.05) is 19.0 Å². The molecule has 2 aromatic rings.